The van der Waals surface area contributed by atoms with Crippen molar-refractivity contribution in [2.24, 2.45) is 5.92 Å². The standard InChI is InChI=1S/C21H24FN3O/c22-18-9-7-15(8-10-18)12-16-4-3-6-20(16)24-21(26)25-13-17(14-25)19-5-1-2-11-23-19/h1-2,5,7-11,16-17,20H,3-4,6,12-14H2,(H,24,26)/t16-,20-/m0/s1. The minimum absolute atomic E-state index is 0.0354. The van der Waals surface area contributed by atoms with E-state index in [1.807, 2.05) is 35.2 Å². The third-order valence-electron chi connectivity index (χ3n) is 5.65. The number of carbonyl (C=O) groups excluding carboxylic acids is 1. The normalized spacial score (nSPS) is 22.9. The molecule has 26 heavy (non-hydrogen) atoms. The molecule has 5 heteroatoms. The van der Waals surface area contributed by atoms with E-state index in [9.17, 15) is 9.18 Å². The van der Waals surface area contributed by atoms with Crippen LogP contribution in [-0.4, -0.2) is 35.0 Å². The molecule has 0 radical (unpaired) electrons. The van der Waals surface area contributed by atoms with Crippen LogP contribution in [0.2, 0.25) is 0 Å². The number of halogens is 1. The van der Waals surface area contributed by atoms with Gasteiger partial charge in [0.15, 0.2) is 0 Å². The molecule has 2 amide bonds. The van der Waals surface area contributed by atoms with Crippen molar-refractivity contribution in [2.45, 2.75) is 37.6 Å². The number of aromatic nitrogens is 1. The first-order chi connectivity index (χ1) is 12.7. The SMILES string of the molecule is O=C(N[C@H]1CCC[C@H]1Cc1ccc(F)cc1)N1CC(c2ccccn2)C1. The molecule has 1 N–H and O–H groups in total. The number of nitrogens with zero attached hydrogens (tertiary/aromatic N) is 2. The molecule has 1 aromatic carbocycles. The van der Waals surface area contributed by atoms with Gasteiger partial charge in [-0.3, -0.25) is 4.98 Å². The Kier molecular flexibility index (Phi) is 4.87. The van der Waals surface area contributed by atoms with Crippen molar-refractivity contribution in [3.05, 3.63) is 65.7 Å². The van der Waals surface area contributed by atoms with Gasteiger partial charge in [-0.15, -0.1) is 0 Å². The molecule has 2 aromatic rings. The van der Waals surface area contributed by atoms with Gasteiger partial charge in [0.05, 0.1) is 0 Å². The summed E-state index contributed by atoms with van der Waals surface area (Å²) < 4.78 is 13.1. The predicted molar refractivity (Wildman–Crippen MR) is 98.3 cm³/mol. The monoisotopic (exact) mass is 353 g/mol. The van der Waals surface area contributed by atoms with Gasteiger partial charge >= 0.3 is 6.03 Å². The van der Waals surface area contributed by atoms with Crippen LogP contribution < -0.4 is 5.32 Å². The maximum atomic E-state index is 13.1. The van der Waals surface area contributed by atoms with E-state index in [1.54, 1.807) is 6.20 Å². The van der Waals surface area contributed by atoms with Crippen molar-refractivity contribution in [1.82, 2.24) is 15.2 Å². The van der Waals surface area contributed by atoms with Crippen LogP contribution in [0, 0.1) is 11.7 Å². The zero-order chi connectivity index (χ0) is 17.9. The number of rotatable bonds is 4. The summed E-state index contributed by atoms with van der Waals surface area (Å²) in [6.45, 7) is 1.47. The molecule has 0 unspecified atom stereocenters. The molecule has 0 bridgehead atoms. The highest BCUT2D eigenvalue weighted by atomic mass is 19.1. The molecule has 0 spiro atoms. The molecule has 2 heterocycles. The minimum atomic E-state index is -0.203. The van der Waals surface area contributed by atoms with Crippen molar-refractivity contribution in [3.63, 3.8) is 0 Å². The lowest BCUT2D eigenvalue weighted by Crippen LogP contribution is -2.55. The molecule has 1 saturated heterocycles. The number of hydrogen-bond donors (Lipinski definition) is 1. The first-order valence-corrected chi connectivity index (χ1v) is 9.40. The highest BCUT2D eigenvalue weighted by Crippen LogP contribution is 2.30. The molecule has 2 aliphatic rings. The van der Waals surface area contributed by atoms with Gasteiger partial charge in [0.25, 0.3) is 0 Å². The second kappa shape index (κ2) is 7.44. The van der Waals surface area contributed by atoms with Gasteiger partial charge in [-0.1, -0.05) is 24.6 Å². The summed E-state index contributed by atoms with van der Waals surface area (Å²) in [5.41, 5.74) is 2.20. The molecule has 1 saturated carbocycles. The summed E-state index contributed by atoms with van der Waals surface area (Å²) in [4.78, 5) is 18.8. The number of nitrogens with one attached hydrogen (secondary N) is 1. The van der Waals surface area contributed by atoms with E-state index in [2.05, 4.69) is 10.3 Å². The Morgan fingerprint density at radius 2 is 1.96 bits per heavy atom. The lowest BCUT2D eigenvalue weighted by atomic mass is 9.94. The Labute approximate surface area is 153 Å². The summed E-state index contributed by atoms with van der Waals surface area (Å²) in [5.74, 6) is 0.572. The van der Waals surface area contributed by atoms with E-state index in [0.717, 1.165) is 50.0 Å². The molecule has 4 rings (SSSR count). The second-order valence-corrected chi connectivity index (χ2v) is 7.43. The van der Waals surface area contributed by atoms with Crippen molar-refractivity contribution in [1.29, 1.82) is 0 Å². The van der Waals surface area contributed by atoms with E-state index in [-0.39, 0.29) is 17.9 Å². The molecular weight excluding hydrogens is 329 g/mol. The third-order valence-corrected chi connectivity index (χ3v) is 5.65. The van der Waals surface area contributed by atoms with Gasteiger partial charge in [0.2, 0.25) is 0 Å². The van der Waals surface area contributed by atoms with E-state index in [4.69, 9.17) is 0 Å². The van der Waals surface area contributed by atoms with Crippen LogP contribution >= 0.6 is 0 Å². The van der Waals surface area contributed by atoms with Crippen LogP contribution in [0.5, 0.6) is 0 Å². The second-order valence-electron chi connectivity index (χ2n) is 7.43. The summed E-state index contributed by atoms with van der Waals surface area (Å²) in [6.07, 6.45) is 5.96. The lowest BCUT2D eigenvalue weighted by Gasteiger charge is -2.39. The zero-order valence-electron chi connectivity index (χ0n) is 14.8. The molecule has 136 valence electrons. The maximum Gasteiger partial charge on any atom is 0.317 e. The Bertz CT molecular complexity index is 744. The molecule has 1 aromatic heterocycles. The number of hydrogen-bond acceptors (Lipinski definition) is 2. The number of carbonyl (C=O) groups is 1. The number of amides is 2. The maximum absolute atomic E-state index is 13.1. The van der Waals surface area contributed by atoms with Gasteiger partial charge in [0, 0.05) is 36.9 Å². The van der Waals surface area contributed by atoms with E-state index in [0.29, 0.717) is 11.8 Å². The fourth-order valence-corrected chi connectivity index (χ4v) is 4.09. The highest BCUT2D eigenvalue weighted by molar-refractivity contribution is 5.75. The van der Waals surface area contributed by atoms with Gasteiger partial charge in [-0.2, -0.15) is 0 Å². The molecule has 4 nitrogen and oxygen atoms in total. The average molecular weight is 353 g/mol. The van der Waals surface area contributed by atoms with Crippen LogP contribution in [0.4, 0.5) is 9.18 Å². The molecule has 1 aliphatic heterocycles. The summed E-state index contributed by atoms with van der Waals surface area (Å²) >= 11 is 0. The number of urea groups is 1. The van der Waals surface area contributed by atoms with Gasteiger partial charge in [-0.05, 0) is 55.0 Å². The van der Waals surface area contributed by atoms with Crippen molar-refractivity contribution in [3.8, 4) is 0 Å². The quantitative estimate of drug-likeness (QED) is 0.910. The molecule has 2 fully saturated rings. The Hall–Kier alpha value is -2.43. The van der Waals surface area contributed by atoms with Crippen molar-refractivity contribution < 1.29 is 9.18 Å². The highest BCUT2D eigenvalue weighted by Gasteiger charge is 2.35. The fraction of sp³-hybridized carbons (Fsp3) is 0.429. The van der Waals surface area contributed by atoms with Crippen LogP contribution in [0.15, 0.2) is 48.7 Å². The van der Waals surface area contributed by atoms with E-state index < -0.39 is 0 Å². The molecular formula is C21H24FN3O. The Morgan fingerprint density at radius 3 is 2.69 bits per heavy atom. The predicted octanol–water partition coefficient (Wildman–Crippen LogP) is 3.74. The topological polar surface area (TPSA) is 45.2 Å². The van der Waals surface area contributed by atoms with Crippen LogP contribution in [-0.2, 0) is 6.42 Å². The summed E-state index contributed by atoms with van der Waals surface area (Å²) in [5, 5.41) is 3.23. The number of likely N-dealkylation sites (tertiary alicyclic amines) is 1. The smallest absolute Gasteiger partial charge is 0.317 e. The Morgan fingerprint density at radius 1 is 1.15 bits per heavy atom. The van der Waals surface area contributed by atoms with Gasteiger partial charge in [0.1, 0.15) is 5.82 Å². The fourth-order valence-electron chi connectivity index (χ4n) is 4.09. The average Bonchev–Trinajstić information content (AvgIpc) is 3.03. The zero-order valence-corrected chi connectivity index (χ0v) is 14.8. The minimum Gasteiger partial charge on any atom is -0.335 e. The summed E-state index contributed by atoms with van der Waals surface area (Å²) in [6, 6.07) is 12.9. The first-order valence-electron chi connectivity index (χ1n) is 9.40. The summed E-state index contributed by atoms with van der Waals surface area (Å²) in [7, 11) is 0. The van der Waals surface area contributed by atoms with E-state index in [1.165, 1.54) is 12.1 Å². The largest absolute Gasteiger partial charge is 0.335 e. The lowest BCUT2D eigenvalue weighted by molar-refractivity contribution is 0.144. The number of benzene rings is 1. The van der Waals surface area contributed by atoms with E-state index >= 15 is 0 Å². The van der Waals surface area contributed by atoms with Crippen LogP contribution in [0.1, 0.15) is 36.4 Å². The Balaban J connectivity index is 1.29. The van der Waals surface area contributed by atoms with Crippen LogP contribution in [0.3, 0.4) is 0 Å². The number of pyridine rings is 1. The van der Waals surface area contributed by atoms with Gasteiger partial charge in [-0.25, -0.2) is 9.18 Å². The van der Waals surface area contributed by atoms with Crippen molar-refractivity contribution in [2.75, 3.05) is 13.1 Å². The third kappa shape index (κ3) is 3.71. The van der Waals surface area contributed by atoms with Gasteiger partial charge < -0.3 is 10.2 Å². The molecule has 2 atom stereocenters. The van der Waals surface area contributed by atoms with Crippen molar-refractivity contribution >= 4 is 6.03 Å². The first kappa shape index (κ1) is 17.0. The molecule has 1 aliphatic carbocycles. The van der Waals surface area contributed by atoms with Crippen LogP contribution in [0.25, 0.3) is 0 Å².